The van der Waals surface area contributed by atoms with Crippen LogP contribution in [-0.2, 0) is 23.8 Å². The Morgan fingerprint density at radius 3 is 1.59 bits per heavy atom. The predicted molar refractivity (Wildman–Crippen MR) is 310 cm³/mol. The number of ether oxygens (including phenoxy) is 3. The highest BCUT2D eigenvalue weighted by Crippen LogP contribution is 2.26. The van der Waals surface area contributed by atoms with E-state index in [-0.39, 0.29) is 19.4 Å². The van der Waals surface area contributed by atoms with Crippen LogP contribution in [-0.4, -0.2) is 99.6 Å². The van der Waals surface area contributed by atoms with Crippen LogP contribution in [0.2, 0.25) is 0 Å². The lowest BCUT2D eigenvalue weighted by molar-refractivity contribution is -0.305. The number of nitrogens with one attached hydrogen (secondary N) is 1. The number of aliphatic hydroxyl groups excluding tert-OH is 5. The van der Waals surface area contributed by atoms with Gasteiger partial charge in [0, 0.05) is 6.42 Å². The van der Waals surface area contributed by atoms with Gasteiger partial charge in [-0.2, -0.15) is 0 Å². The molecular weight excluding hydrogens is 943 g/mol. The molecule has 8 atom stereocenters. The van der Waals surface area contributed by atoms with Crippen molar-refractivity contribution in [3.05, 3.63) is 109 Å². The number of hydrogen-bond acceptors (Lipinski definition) is 10. The molecule has 1 heterocycles. The SMILES string of the molecule is CC/C=C/C=C/C=C\C=C/C=C/CCCCC(O)C(=O)NC(COC1OC(CO)C(O)C(O)C1OC(=O)CCCCCCCCCC/C=C\C/C=C\C/C=C\CCCCC)C(O)/C=C/CCCCCCCCCCC. The fourth-order valence-corrected chi connectivity index (χ4v) is 8.56. The van der Waals surface area contributed by atoms with E-state index < -0.39 is 67.4 Å². The summed E-state index contributed by atoms with van der Waals surface area (Å²) in [4.78, 5) is 26.5. The van der Waals surface area contributed by atoms with E-state index >= 15 is 0 Å². The molecule has 1 fully saturated rings. The fraction of sp³-hybridized carbons (Fsp3) is 0.688. The van der Waals surface area contributed by atoms with Crippen molar-refractivity contribution in [3.8, 4) is 0 Å². The normalized spacial score (nSPS) is 20.0. The molecule has 11 heteroatoms. The van der Waals surface area contributed by atoms with Gasteiger partial charge in [0.25, 0.3) is 0 Å². The summed E-state index contributed by atoms with van der Waals surface area (Å²) in [5.74, 6) is -1.26. The van der Waals surface area contributed by atoms with Crippen molar-refractivity contribution in [2.75, 3.05) is 13.2 Å². The number of esters is 1. The molecule has 6 N–H and O–H groups in total. The standard InChI is InChI=1S/C64H107NO10/c1-4-7-10-13-16-19-22-24-26-27-28-29-30-31-32-34-37-40-43-46-49-52-59(69)75-62-61(71)60(70)58(53-66)74-64(62)73-54-55(56(67)50-47-44-41-38-35-21-18-15-12-9-6-3)65-63(72)57(68)51-48-45-42-39-36-33-25-23-20-17-14-11-8-5-2/h8,11,14,16-17,19-20,23-26,28-29,33,36,39,47,50,55-58,60-62,64,66-68,70-71H,4-7,9-10,12-13,15,18,21-22,27,30-32,34-35,37-38,40-46,48-49,51-54H2,1-3H3,(H,65,72)/b11-8+,17-14+,19-16-,23-20-,26-24-,29-28-,33-25-,39-36+,50-47+. The summed E-state index contributed by atoms with van der Waals surface area (Å²) >= 11 is 0. The molecule has 0 radical (unpaired) electrons. The Balaban J connectivity index is 2.70. The van der Waals surface area contributed by atoms with Crippen molar-refractivity contribution < 1.29 is 49.3 Å². The zero-order valence-electron chi connectivity index (χ0n) is 47.1. The molecular formula is C64H107NO10. The Labute approximate surface area is 456 Å². The fourth-order valence-electron chi connectivity index (χ4n) is 8.56. The first kappa shape index (κ1) is 69.3. The Hall–Kier alpha value is -3.68. The molecule has 1 rings (SSSR count). The van der Waals surface area contributed by atoms with E-state index in [1.54, 1.807) is 6.08 Å². The number of carbonyl (C=O) groups excluding carboxylic acids is 2. The van der Waals surface area contributed by atoms with E-state index in [0.29, 0.717) is 12.8 Å². The van der Waals surface area contributed by atoms with Gasteiger partial charge >= 0.3 is 5.97 Å². The topological polar surface area (TPSA) is 175 Å². The van der Waals surface area contributed by atoms with Crippen molar-refractivity contribution in [2.24, 2.45) is 0 Å². The molecule has 0 saturated carbocycles. The number of hydrogen-bond donors (Lipinski definition) is 6. The van der Waals surface area contributed by atoms with Crippen LogP contribution in [0.5, 0.6) is 0 Å². The summed E-state index contributed by atoms with van der Waals surface area (Å²) < 4.78 is 17.6. The number of carbonyl (C=O) groups is 2. The van der Waals surface area contributed by atoms with Crippen LogP contribution >= 0.6 is 0 Å². The Kier molecular flexibility index (Phi) is 47.2. The maximum atomic E-state index is 13.4. The number of rotatable bonds is 48. The molecule has 75 heavy (non-hydrogen) atoms. The van der Waals surface area contributed by atoms with Crippen molar-refractivity contribution in [3.63, 3.8) is 0 Å². The molecule has 1 aliphatic rings. The van der Waals surface area contributed by atoms with Crippen LogP contribution in [0.15, 0.2) is 109 Å². The molecule has 1 saturated heterocycles. The smallest absolute Gasteiger partial charge is 0.306 e. The van der Waals surface area contributed by atoms with Crippen LogP contribution in [0.1, 0.15) is 220 Å². The van der Waals surface area contributed by atoms with Crippen LogP contribution < -0.4 is 5.32 Å². The minimum absolute atomic E-state index is 0.104. The summed E-state index contributed by atoms with van der Waals surface area (Å²) in [5, 5.41) is 56.8. The van der Waals surface area contributed by atoms with Gasteiger partial charge in [0.2, 0.25) is 5.91 Å². The third-order valence-electron chi connectivity index (χ3n) is 13.3. The minimum Gasteiger partial charge on any atom is -0.454 e. The first-order valence-corrected chi connectivity index (χ1v) is 29.7. The van der Waals surface area contributed by atoms with Crippen LogP contribution in [0.25, 0.3) is 0 Å². The molecule has 428 valence electrons. The molecule has 1 amide bonds. The molecule has 0 aromatic rings. The van der Waals surface area contributed by atoms with Gasteiger partial charge in [0.1, 0.15) is 24.4 Å². The van der Waals surface area contributed by atoms with E-state index in [1.807, 2.05) is 60.8 Å². The highest BCUT2D eigenvalue weighted by Gasteiger charge is 2.47. The highest BCUT2D eigenvalue weighted by atomic mass is 16.7. The first-order valence-electron chi connectivity index (χ1n) is 29.7. The Morgan fingerprint density at radius 2 is 1.01 bits per heavy atom. The van der Waals surface area contributed by atoms with Gasteiger partial charge in [-0.3, -0.25) is 9.59 Å². The van der Waals surface area contributed by atoms with Gasteiger partial charge in [-0.25, -0.2) is 0 Å². The van der Waals surface area contributed by atoms with Gasteiger partial charge in [-0.15, -0.1) is 0 Å². The highest BCUT2D eigenvalue weighted by molar-refractivity contribution is 5.80. The molecule has 0 aromatic carbocycles. The second-order valence-corrected chi connectivity index (χ2v) is 20.1. The first-order chi connectivity index (χ1) is 36.7. The molecule has 11 nitrogen and oxygen atoms in total. The number of unbranched alkanes of at least 4 members (excludes halogenated alkanes) is 22. The van der Waals surface area contributed by atoms with Crippen LogP contribution in [0.4, 0.5) is 0 Å². The van der Waals surface area contributed by atoms with Crippen LogP contribution in [0.3, 0.4) is 0 Å². The third kappa shape index (κ3) is 39.4. The van der Waals surface area contributed by atoms with E-state index in [9.17, 15) is 35.1 Å². The van der Waals surface area contributed by atoms with E-state index in [0.717, 1.165) is 89.9 Å². The zero-order chi connectivity index (χ0) is 54.7. The van der Waals surface area contributed by atoms with E-state index in [2.05, 4.69) is 68.6 Å². The average Bonchev–Trinajstić information content (AvgIpc) is 3.41. The molecule has 8 unspecified atom stereocenters. The van der Waals surface area contributed by atoms with E-state index in [4.69, 9.17) is 14.2 Å². The molecule has 0 aliphatic carbocycles. The summed E-state index contributed by atoms with van der Waals surface area (Å²) in [5.41, 5.74) is 0. The van der Waals surface area contributed by atoms with Gasteiger partial charge in [0.15, 0.2) is 12.4 Å². The van der Waals surface area contributed by atoms with Crippen molar-refractivity contribution in [2.45, 2.75) is 269 Å². The lowest BCUT2D eigenvalue weighted by atomic mass is 9.99. The lowest BCUT2D eigenvalue weighted by Gasteiger charge is -2.41. The maximum absolute atomic E-state index is 13.4. The summed E-state index contributed by atoms with van der Waals surface area (Å²) in [7, 11) is 0. The summed E-state index contributed by atoms with van der Waals surface area (Å²) in [6.45, 7) is 5.56. The zero-order valence-corrected chi connectivity index (χ0v) is 47.1. The van der Waals surface area contributed by atoms with Gasteiger partial charge in [0.05, 0.1) is 25.4 Å². The van der Waals surface area contributed by atoms with Crippen molar-refractivity contribution >= 4 is 11.9 Å². The van der Waals surface area contributed by atoms with Gasteiger partial charge < -0.3 is 45.1 Å². The van der Waals surface area contributed by atoms with Crippen molar-refractivity contribution in [1.29, 1.82) is 0 Å². The number of aliphatic hydroxyl groups is 5. The molecule has 0 spiro atoms. The number of amides is 1. The lowest BCUT2D eigenvalue weighted by Crippen LogP contribution is -2.61. The largest absolute Gasteiger partial charge is 0.454 e. The average molecular weight is 1050 g/mol. The molecule has 1 aliphatic heterocycles. The summed E-state index contributed by atoms with van der Waals surface area (Å²) in [6.07, 6.45) is 58.4. The number of allylic oxidation sites excluding steroid dienone is 17. The van der Waals surface area contributed by atoms with Gasteiger partial charge in [-0.1, -0.05) is 239 Å². The van der Waals surface area contributed by atoms with Crippen molar-refractivity contribution in [1.82, 2.24) is 5.32 Å². The van der Waals surface area contributed by atoms with E-state index in [1.165, 1.54) is 83.5 Å². The predicted octanol–water partition coefficient (Wildman–Crippen LogP) is 13.7. The molecule has 0 bridgehead atoms. The van der Waals surface area contributed by atoms with Crippen LogP contribution in [0, 0.1) is 0 Å². The quantitative estimate of drug-likeness (QED) is 0.0149. The second-order valence-electron chi connectivity index (χ2n) is 20.1. The Bertz CT molecular complexity index is 1630. The minimum atomic E-state index is -1.63. The van der Waals surface area contributed by atoms with Gasteiger partial charge in [-0.05, 0) is 83.5 Å². The Morgan fingerprint density at radius 1 is 0.547 bits per heavy atom. The monoisotopic (exact) mass is 1050 g/mol. The third-order valence-corrected chi connectivity index (χ3v) is 13.3. The second kappa shape index (κ2) is 51.1. The summed E-state index contributed by atoms with van der Waals surface area (Å²) in [6, 6.07) is -1.05. The maximum Gasteiger partial charge on any atom is 0.306 e. The molecule has 0 aromatic heterocycles.